The standard InChI is InChI=1S/C32H31BF2N6O12/c1-14-17(12-19(35)25(44)24(14)43)23(28(46)38-21-11-15-3-4-18(34)22(31(49)50)26(15)53-33(21)52)39-32(51)41-10-9-40(29(47)30(41)48)8-2-6-37-27(45)16-5-7-36-13-20(16)42/h3-5,7,12-13,21,23,42-44,52H,2,6,8-11H2,1H3,(H,37,45)(H,38,46)(H,39,51)(H,49,50)/t21-,23+/m0/s1. The Labute approximate surface area is 298 Å². The molecule has 18 nitrogen and oxygen atoms in total. The summed E-state index contributed by atoms with van der Waals surface area (Å²) in [5, 5.41) is 57.2. The number of hydrogen-bond donors (Lipinski definition) is 8. The topological polar surface area (TPSA) is 268 Å². The molecule has 1 aromatic heterocycles. The number of rotatable bonds is 10. The molecular weight excluding hydrogens is 709 g/mol. The van der Waals surface area contributed by atoms with Crippen LogP contribution in [0.25, 0.3) is 0 Å². The maximum Gasteiger partial charge on any atom is 0.547 e. The maximum atomic E-state index is 14.6. The summed E-state index contributed by atoms with van der Waals surface area (Å²) in [5.74, 6) is -12.6. The third-order valence-corrected chi connectivity index (χ3v) is 8.60. The highest BCUT2D eigenvalue weighted by molar-refractivity contribution is 6.47. The van der Waals surface area contributed by atoms with E-state index in [4.69, 9.17) is 4.65 Å². The molecule has 3 aromatic rings. The van der Waals surface area contributed by atoms with Gasteiger partial charge in [-0.2, -0.15) is 0 Å². The smallest absolute Gasteiger partial charge is 0.534 e. The van der Waals surface area contributed by atoms with Gasteiger partial charge in [0, 0.05) is 37.9 Å². The molecule has 0 bridgehead atoms. The number of carboxylic acid groups (broad SMARTS) is 1. The molecule has 2 aliphatic rings. The fourth-order valence-electron chi connectivity index (χ4n) is 5.78. The summed E-state index contributed by atoms with van der Waals surface area (Å²) in [5.41, 5.74) is -1.45. The number of pyridine rings is 1. The van der Waals surface area contributed by atoms with Gasteiger partial charge in [-0.25, -0.2) is 18.4 Å². The summed E-state index contributed by atoms with van der Waals surface area (Å²) >= 11 is 0. The minimum Gasteiger partial charge on any atom is -0.534 e. The first-order chi connectivity index (χ1) is 25.1. The Balaban J connectivity index is 1.28. The number of aromatic carboxylic acids is 1. The molecule has 8 N–H and O–H groups in total. The van der Waals surface area contributed by atoms with Crippen molar-refractivity contribution in [2.24, 2.45) is 0 Å². The third kappa shape index (κ3) is 7.73. The minimum atomic E-state index is -1.95. The number of nitrogens with zero attached hydrogens (tertiary/aromatic N) is 3. The van der Waals surface area contributed by atoms with E-state index in [1.54, 1.807) is 0 Å². The van der Waals surface area contributed by atoms with Gasteiger partial charge in [-0.05, 0) is 49.1 Å². The second-order valence-corrected chi connectivity index (χ2v) is 11.9. The third-order valence-electron chi connectivity index (χ3n) is 8.60. The number of imide groups is 1. The molecule has 0 saturated carbocycles. The fraction of sp³-hybridized carbons (Fsp3) is 0.281. The Morgan fingerprint density at radius 2 is 1.79 bits per heavy atom. The van der Waals surface area contributed by atoms with Crippen LogP contribution in [0.5, 0.6) is 23.0 Å². The van der Waals surface area contributed by atoms with Gasteiger partial charge < -0.3 is 51.0 Å². The highest BCUT2D eigenvalue weighted by Crippen LogP contribution is 2.37. The fourth-order valence-corrected chi connectivity index (χ4v) is 5.78. The number of piperazine rings is 1. The molecule has 5 rings (SSSR count). The van der Waals surface area contributed by atoms with Gasteiger partial charge in [-0.1, -0.05) is 6.07 Å². The zero-order chi connectivity index (χ0) is 38.7. The number of nitrogens with one attached hydrogen (secondary N) is 3. The van der Waals surface area contributed by atoms with Gasteiger partial charge in [0.2, 0.25) is 5.91 Å². The lowest BCUT2D eigenvalue weighted by Crippen LogP contribution is -2.60. The Morgan fingerprint density at radius 1 is 1.06 bits per heavy atom. The minimum absolute atomic E-state index is 0.00551. The zero-order valence-corrected chi connectivity index (χ0v) is 27.6. The van der Waals surface area contributed by atoms with E-state index in [2.05, 4.69) is 20.9 Å². The van der Waals surface area contributed by atoms with Gasteiger partial charge in [0.1, 0.15) is 28.9 Å². The molecular formula is C32H31BF2N6O12. The van der Waals surface area contributed by atoms with Crippen LogP contribution in [0, 0.1) is 18.6 Å². The van der Waals surface area contributed by atoms with Gasteiger partial charge >= 0.3 is 30.9 Å². The van der Waals surface area contributed by atoms with E-state index in [0.717, 1.165) is 17.2 Å². The summed E-state index contributed by atoms with van der Waals surface area (Å²) in [6.45, 7) is 0.728. The highest BCUT2D eigenvalue weighted by atomic mass is 19.1. The van der Waals surface area contributed by atoms with Crippen LogP contribution in [-0.2, 0) is 20.8 Å². The van der Waals surface area contributed by atoms with Crippen LogP contribution < -0.4 is 20.6 Å². The molecule has 1 fully saturated rings. The molecule has 0 radical (unpaired) electrons. The van der Waals surface area contributed by atoms with E-state index < -0.39 is 94.7 Å². The molecule has 1 saturated heterocycles. The van der Waals surface area contributed by atoms with E-state index >= 15 is 0 Å². The molecule has 0 aliphatic carbocycles. The van der Waals surface area contributed by atoms with E-state index in [-0.39, 0.29) is 61.5 Å². The van der Waals surface area contributed by atoms with E-state index in [0.29, 0.717) is 11.0 Å². The van der Waals surface area contributed by atoms with Gasteiger partial charge in [0.05, 0.1) is 17.7 Å². The van der Waals surface area contributed by atoms with Crippen molar-refractivity contribution in [3.05, 3.63) is 76.1 Å². The molecule has 21 heteroatoms. The van der Waals surface area contributed by atoms with Gasteiger partial charge in [0.15, 0.2) is 17.3 Å². The van der Waals surface area contributed by atoms with Crippen molar-refractivity contribution in [2.75, 3.05) is 26.2 Å². The second-order valence-electron chi connectivity index (χ2n) is 11.9. The molecule has 3 heterocycles. The molecule has 0 unspecified atom stereocenters. The zero-order valence-electron chi connectivity index (χ0n) is 27.6. The van der Waals surface area contributed by atoms with E-state index in [1.165, 1.54) is 25.3 Å². The van der Waals surface area contributed by atoms with Crippen molar-refractivity contribution in [2.45, 2.75) is 31.7 Å². The number of halogens is 2. The van der Waals surface area contributed by atoms with Crippen LogP contribution in [0.1, 0.15) is 49.9 Å². The van der Waals surface area contributed by atoms with Crippen LogP contribution in [-0.4, -0.2) is 115 Å². The lowest BCUT2D eigenvalue weighted by Gasteiger charge is -2.34. The number of phenols is 2. The van der Waals surface area contributed by atoms with Crippen molar-refractivity contribution in [3.8, 4) is 23.0 Å². The average molecular weight is 740 g/mol. The lowest BCUT2D eigenvalue weighted by atomic mass is 9.72. The Kier molecular flexibility index (Phi) is 11.0. The summed E-state index contributed by atoms with van der Waals surface area (Å²) in [6.07, 6.45) is 2.29. The first-order valence-electron chi connectivity index (χ1n) is 15.8. The van der Waals surface area contributed by atoms with Crippen LogP contribution in [0.15, 0.2) is 36.7 Å². The number of carboxylic acids is 1. The van der Waals surface area contributed by atoms with Crippen molar-refractivity contribution < 1.29 is 67.7 Å². The van der Waals surface area contributed by atoms with Crippen LogP contribution >= 0.6 is 0 Å². The predicted octanol–water partition coefficient (Wildman–Crippen LogP) is -0.136. The summed E-state index contributed by atoms with van der Waals surface area (Å²) in [7, 11) is -1.95. The van der Waals surface area contributed by atoms with Crippen LogP contribution in [0.2, 0.25) is 0 Å². The molecule has 2 atom stereocenters. The number of phenolic OH excluding ortho intramolecular Hbond substituents is 2. The number of urea groups is 1. The van der Waals surface area contributed by atoms with Crippen LogP contribution in [0.4, 0.5) is 13.6 Å². The predicted molar refractivity (Wildman–Crippen MR) is 174 cm³/mol. The monoisotopic (exact) mass is 740 g/mol. The SMILES string of the molecule is Cc1c([C@@H](NC(=O)N2CCN(CCCNC(=O)c3ccncc3O)C(=O)C2=O)C(=O)N[C@H]2Cc3ccc(F)c(C(=O)O)c3OB2O)cc(F)c(O)c1O. The Hall–Kier alpha value is -6.51. The maximum absolute atomic E-state index is 14.6. The van der Waals surface area contributed by atoms with E-state index in [9.17, 15) is 63.0 Å². The quantitative estimate of drug-likeness (QED) is 0.0583. The van der Waals surface area contributed by atoms with Crippen molar-refractivity contribution >= 4 is 42.7 Å². The van der Waals surface area contributed by atoms with Gasteiger partial charge in [-0.15, -0.1) is 0 Å². The number of amides is 6. The Morgan fingerprint density at radius 3 is 2.49 bits per heavy atom. The van der Waals surface area contributed by atoms with Crippen molar-refractivity contribution in [1.82, 2.24) is 30.7 Å². The number of hydrogen-bond acceptors (Lipinski definition) is 12. The molecule has 2 aromatic carbocycles. The van der Waals surface area contributed by atoms with Gasteiger partial charge in [-0.3, -0.25) is 29.1 Å². The Bertz CT molecular complexity index is 2020. The first kappa shape index (κ1) is 37.7. The summed E-state index contributed by atoms with van der Waals surface area (Å²) in [4.78, 5) is 82.3. The average Bonchev–Trinajstić information content (AvgIpc) is 3.11. The molecule has 2 aliphatic heterocycles. The van der Waals surface area contributed by atoms with Crippen molar-refractivity contribution in [3.63, 3.8) is 0 Å². The number of aromatic hydroxyl groups is 3. The van der Waals surface area contributed by atoms with Crippen LogP contribution in [0.3, 0.4) is 0 Å². The lowest BCUT2D eigenvalue weighted by molar-refractivity contribution is -0.153. The largest absolute Gasteiger partial charge is 0.547 e. The number of carbonyl (C=O) groups excluding carboxylic acids is 5. The second kappa shape index (κ2) is 15.4. The summed E-state index contributed by atoms with van der Waals surface area (Å²) < 4.78 is 34.1. The number of benzene rings is 2. The molecule has 6 amide bonds. The van der Waals surface area contributed by atoms with Crippen molar-refractivity contribution in [1.29, 1.82) is 0 Å². The number of aromatic nitrogens is 1. The summed E-state index contributed by atoms with van der Waals surface area (Å²) in [6, 6.07) is 0.743. The molecule has 53 heavy (non-hydrogen) atoms. The van der Waals surface area contributed by atoms with Gasteiger partial charge in [0.25, 0.3) is 5.91 Å². The number of fused-ring (bicyclic) bond motifs is 1. The number of carbonyl (C=O) groups is 6. The molecule has 278 valence electrons. The highest BCUT2D eigenvalue weighted by Gasteiger charge is 2.42. The normalized spacial score (nSPS) is 16.0. The van der Waals surface area contributed by atoms with E-state index in [1.807, 2.05) is 0 Å². The molecule has 0 spiro atoms. The first-order valence-corrected chi connectivity index (χ1v) is 15.8.